The van der Waals surface area contributed by atoms with Gasteiger partial charge in [-0.25, -0.2) is 0 Å². The largest absolute Gasteiger partial charge is 0.497 e. The zero-order valence-corrected chi connectivity index (χ0v) is 15.6. The number of aromatic nitrogens is 2. The zero-order valence-electron chi connectivity index (χ0n) is 14.0. The second-order valence-electron chi connectivity index (χ2n) is 4.89. The van der Waals surface area contributed by atoms with E-state index in [0.29, 0.717) is 24.0 Å². The SMILES string of the molecule is C=CCN(CC=C)C(=O)CSc1nnc(Nc2ccc(OC)cc2)s1. The molecule has 2 aromatic rings. The Kier molecular flexibility index (Phi) is 7.49. The topological polar surface area (TPSA) is 67.4 Å². The molecular weight excluding hydrogens is 356 g/mol. The van der Waals surface area contributed by atoms with Crippen molar-refractivity contribution in [3.63, 3.8) is 0 Å². The number of benzene rings is 1. The molecule has 0 radical (unpaired) electrons. The van der Waals surface area contributed by atoms with Crippen molar-refractivity contribution in [3.05, 3.63) is 49.6 Å². The van der Waals surface area contributed by atoms with Crippen LogP contribution in [-0.4, -0.2) is 47.0 Å². The molecule has 2 rings (SSSR count). The van der Waals surface area contributed by atoms with E-state index in [0.717, 1.165) is 15.8 Å². The number of nitrogens with zero attached hydrogens (tertiary/aromatic N) is 3. The maximum Gasteiger partial charge on any atom is 0.233 e. The molecule has 0 saturated heterocycles. The molecule has 0 aliphatic heterocycles. The maximum atomic E-state index is 12.2. The quantitative estimate of drug-likeness (QED) is 0.505. The second-order valence-corrected chi connectivity index (χ2v) is 7.09. The van der Waals surface area contributed by atoms with Crippen LogP contribution in [-0.2, 0) is 4.79 Å². The molecule has 0 spiro atoms. The van der Waals surface area contributed by atoms with Gasteiger partial charge in [-0.05, 0) is 24.3 Å². The van der Waals surface area contributed by atoms with Crippen LogP contribution in [0.5, 0.6) is 5.75 Å². The number of hydrogen-bond donors (Lipinski definition) is 1. The Morgan fingerprint density at radius 1 is 1.28 bits per heavy atom. The smallest absolute Gasteiger partial charge is 0.233 e. The van der Waals surface area contributed by atoms with Crippen LogP contribution in [0, 0.1) is 0 Å². The molecule has 6 nitrogen and oxygen atoms in total. The monoisotopic (exact) mass is 376 g/mol. The summed E-state index contributed by atoms with van der Waals surface area (Å²) in [5.41, 5.74) is 0.896. The number of anilines is 2. The highest BCUT2D eigenvalue weighted by molar-refractivity contribution is 8.01. The third-order valence-electron chi connectivity index (χ3n) is 3.12. The fourth-order valence-electron chi connectivity index (χ4n) is 1.92. The minimum Gasteiger partial charge on any atom is -0.497 e. The molecule has 1 N–H and O–H groups in total. The van der Waals surface area contributed by atoms with E-state index in [2.05, 4.69) is 28.7 Å². The number of amides is 1. The van der Waals surface area contributed by atoms with Gasteiger partial charge in [0, 0.05) is 18.8 Å². The van der Waals surface area contributed by atoms with E-state index in [9.17, 15) is 4.79 Å². The fraction of sp³-hybridized carbons (Fsp3) is 0.235. The van der Waals surface area contributed by atoms with Crippen molar-refractivity contribution in [1.29, 1.82) is 0 Å². The highest BCUT2D eigenvalue weighted by Crippen LogP contribution is 2.28. The molecule has 0 bridgehead atoms. The molecule has 25 heavy (non-hydrogen) atoms. The number of hydrogen-bond acceptors (Lipinski definition) is 7. The molecule has 1 aromatic carbocycles. The van der Waals surface area contributed by atoms with E-state index in [1.165, 1.54) is 23.1 Å². The van der Waals surface area contributed by atoms with Crippen LogP contribution in [0.3, 0.4) is 0 Å². The van der Waals surface area contributed by atoms with Crippen LogP contribution in [0.4, 0.5) is 10.8 Å². The summed E-state index contributed by atoms with van der Waals surface area (Å²) in [5.74, 6) is 1.12. The van der Waals surface area contributed by atoms with Crippen LogP contribution in [0.15, 0.2) is 53.9 Å². The standard InChI is InChI=1S/C17H20N4O2S2/c1-4-10-21(11-5-2)15(22)12-24-17-20-19-16(25-17)18-13-6-8-14(23-3)9-7-13/h4-9H,1-2,10-12H2,3H3,(H,18,19). The first-order chi connectivity index (χ1) is 12.2. The van der Waals surface area contributed by atoms with E-state index < -0.39 is 0 Å². The van der Waals surface area contributed by atoms with Crippen molar-refractivity contribution < 1.29 is 9.53 Å². The third kappa shape index (κ3) is 5.91. The Labute approximate surface area is 155 Å². The number of rotatable bonds is 10. The van der Waals surface area contributed by atoms with Gasteiger partial charge < -0.3 is 15.0 Å². The predicted octanol–water partition coefficient (Wildman–Crippen LogP) is 3.58. The lowest BCUT2D eigenvalue weighted by Crippen LogP contribution is -2.32. The van der Waals surface area contributed by atoms with Gasteiger partial charge in [-0.2, -0.15) is 0 Å². The van der Waals surface area contributed by atoms with Gasteiger partial charge >= 0.3 is 0 Å². The van der Waals surface area contributed by atoms with Crippen LogP contribution >= 0.6 is 23.1 Å². The van der Waals surface area contributed by atoms with Gasteiger partial charge in [0.25, 0.3) is 0 Å². The highest BCUT2D eigenvalue weighted by atomic mass is 32.2. The average molecular weight is 377 g/mol. The third-order valence-corrected chi connectivity index (χ3v) is 5.08. The summed E-state index contributed by atoms with van der Waals surface area (Å²) in [6, 6.07) is 7.54. The van der Waals surface area contributed by atoms with E-state index in [1.54, 1.807) is 24.2 Å². The summed E-state index contributed by atoms with van der Waals surface area (Å²) in [4.78, 5) is 13.9. The Bertz CT molecular complexity index is 706. The normalized spacial score (nSPS) is 10.1. The Morgan fingerprint density at radius 2 is 1.96 bits per heavy atom. The van der Waals surface area contributed by atoms with Gasteiger partial charge in [0.2, 0.25) is 11.0 Å². The van der Waals surface area contributed by atoms with E-state index in [1.807, 2.05) is 24.3 Å². The summed E-state index contributed by atoms with van der Waals surface area (Å²) in [7, 11) is 1.63. The van der Waals surface area contributed by atoms with Gasteiger partial charge in [-0.15, -0.1) is 23.4 Å². The van der Waals surface area contributed by atoms with Gasteiger partial charge in [0.15, 0.2) is 4.34 Å². The van der Waals surface area contributed by atoms with Gasteiger partial charge in [0.1, 0.15) is 5.75 Å². The van der Waals surface area contributed by atoms with Gasteiger partial charge in [-0.1, -0.05) is 35.3 Å². The molecule has 1 aromatic heterocycles. The average Bonchev–Trinajstić information content (AvgIpc) is 3.07. The van der Waals surface area contributed by atoms with Crippen LogP contribution in [0.2, 0.25) is 0 Å². The van der Waals surface area contributed by atoms with Crippen molar-refractivity contribution in [1.82, 2.24) is 15.1 Å². The number of thioether (sulfide) groups is 1. The molecule has 0 saturated carbocycles. The number of methoxy groups -OCH3 is 1. The first-order valence-electron chi connectivity index (χ1n) is 7.53. The number of ether oxygens (including phenoxy) is 1. The Balaban J connectivity index is 1.88. The van der Waals surface area contributed by atoms with Crippen molar-refractivity contribution in [2.24, 2.45) is 0 Å². The first kappa shape index (κ1) is 19.0. The number of carbonyl (C=O) groups is 1. The summed E-state index contributed by atoms with van der Waals surface area (Å²) in [5, 5.41) is 12.1. The lowest BCUT2D eigenvalue weighted by Gasteiger charge is -2.18. The molecule has 0 fully saturated rings. The van der Waals surface area contributed by atoms with E-state index >= 15 is 0 Å². The minimum atomic E-state index is 0.0182. The van der Waals surface area contributed by atoms with E-state index in [4.69, 9.17) is 4.74 Å². The molecular formula is C17H20N4O2S2. The number of carbonyl (C=O) groups excluding carboxylic acids is 1. The number of nitrogens with one attached hydrogen (secondary N) is 1. The summed E-state index contributed by atoms with van der Waals surface area (Å²) in [6.45, 7) is 8.34. The molecule has 0 unspecified atom stereocenters. The van der Waals surface area contributed by atoms with Crippen molar-refractivity contribution in [2.75, 3.05) is 31.3 Å². The summed E-state index contributed by atoms with van der Waals surface area (Å²) in [6.07, 6.45) is 3.40. The lowest BCUT2D eigenvalue weighted by molar-refractivity contribution is -0.127. The van der Waals surface area contributed by atoms with Crippen molar-refractivity contribution in [3.8, 4) is 5.75 Å². The molecule has 1 heterocycles. The van der Waals surface area contributed by atoms with Crippen LogP contribution in [0.25, 0.3) is 0 Å². The van der Waals surface area contributed by atoms with Crippen LogP contribution < -0.4 is 10.1 Å². The van der Waals surface area contributed by atoms with Crippen molar-refractivity contribution >= 4 is 39.8 Å². The van der Waals surface area contributed by atoms with Crippen molar-refractivity contribution in [2.45, 2.75) is 4.34 Å². The Morgan fingerprint density at radius 3 is 2.56 bits per heavy atom. The maximum absolute atomic E-state index is 12.2. The molecule has 132 valence electrons. The minimum absolute atomic E-state index is 0.0182. The van der Waals surface area contributed by atoms with Crippen LogP contribution in [0.1, 0.15) is 0 Å². The summed E-state index contributed by atoms with van der Waals surface area (Å²) >= 11 is 2.78. The molecule has 0 aliphatic carbocycles. The highest BCUT2D eigenvalue weighted by Gasteiger charge is 2.13. The Hall–Kier alpha value is -2.32. The van der Waals surface area contributed by atoms with E-state index in [-0.39, 0.29) is 5.91 Å². The lowest BCUT2D eigenvalue weighted by atomic mass is 10.3. The molecule has 0 aliphatic rings. The second kappa shape index (κ2) is 9.85. The van der Waals surface area contributed by atoms with Gasteiger partial charge in [0.05, 0.1) is 12.9 Å². The fourth-order valence-corrected chi connectivity index (χ4v) is 3.60. The molecule has 0 atom stereocenters. The van der Waals surface area contributed by atoms with Gasteiger partial charge in [-0.3, -0.25) is 4.79 Å². The zero-order chi connectivity index (χ0) is 18.1. The summed E-state index contributed by atoms with van der Waals surface area (Å²) < 4.78 is 5.86. The predicted molar refractivity (Wildman–Crippen MR) is 104 cm³/mol. The molecule has 8 heteroatoms. The first-order valence-corrected chi connectivity index (χ1v) is 9.33. The molecule has 1 amide bonds.